The second-order valence-electron chi connectivity index (χ2n) is 19.7. The zero-order valence-electron chi connectivity index (χ0n) is 42.7. The largest absolute Gasteiger partial charge is 0.215 e. The number of hydrogen-bond donors (Lipinski definition) is 0. The first-order valence-corrected chi connectivity index (χ1v) is 25.2. The first kappa shape index (κ1) is 49.3. The summed E-state index contributed by atoms with van der Waals surface area (Å²) in [6.45, 7) is 5.62. The normalized spacial score (nSPS) is 11.3. The lowest BCUT2D eigenvalue weighted by Crippen LogP contribution is -2.32. The van der Waals surface area contributed by atoms with Crippen molar-refractivity contribution in [2.24, 2.45) is 21.1 Å². The van der Waals surface area contributed by atoms with Crippen molar-refractivity contribution in [3.8, 4) is 78.3 Å². The lowest BCUT2D eigenvalue weighted by Gasteiger charge is -2.17. The van der Waals surface area contributed by atoms with Crippen LogP contribution < -0.4 is 13.7 Å². The molecule has 0 unspecified atom stereocenters. The van der Waals surface area contributed by atoms with Crippen LogP contribution in [0, 0.1) is 44.0 Å². The van der Waals surface area contributed by atoms with Crippen LogP contribution in [0.15, 0.2) is 195 Å². The molecule has 0 fully saturated rings. The van der Waals surface area contributed by atoms with Crippen molar-refractivity contribution < 1.29 is 31.3 Å². The SMILES string of the molecule is Cc1ccccc1-c1cc(-c2ccc(-c3ccccc3)cc2)c(-c2ccccc2-c2cc(CCc3ccc(-c4c(C)cc(F)cc4F)[n+](C)c3)cc(CCc3ccc(-c4c(C)cc(F)cc4F)[n+](C)c3)c2)c[n+]1C. The summed E-state index contributed by atoms with van der Waals surface area (Å²) >= 11 is 0. The van der Waals surface area contributed by atoms with E-state index >= 15 is 8.78 Å². The maximum Gasteiger partial charge on any atom is 0.215 e. The fourth-order valence-corrected chi connectivity index (χ4v) is 10.7. The summed E-state index contributed by atoms with van der Waals surface area (Å²) in [6, 6.07) is 58.4. The minimum atomic E-state index is -0.591. The van der Waals surface area contributed by atoms with Gasteiger partial charge in [-0.3, -0.25) is 0 Å². The maximum atomic E-state index is 15.1. The lowest BCUT2D eigenvalue weighted by molar-refractivity contribution is -0.661. The fourth-order valence-electron chi connectivity index (χ4n) is 10.7. The smallest absolute Gasteiger partial charge is 0.207 e. The molecule has 3 aromatic heterocycles. The summed E-state index contributed by atoms with van der Waals surface area (Å²) in [7, 11) is 5.93. The monoisotopic (exact) mass is 980 g/mol. The highest BCUT2D eigenvalue weighted by Gasteiger charge is 2.24. The quantitative estimate of drug-likeness (QED) is 0.0806. The molecule has 0 atom stereocenters. The topological polar surface area (TPSA) is 11.6 Å². The van der Waals surface area contributed by atoms with Crippen molar-refractivity contribution in [1.29, 1.82) is 0 Å². The van der Waals surface area contributed by atoms with Crippen molar-refractivity contribution in [2.75, 3.05) is 0 Å². The molecule has 10 aromatic rings. The van der Waals surface area contributed by atoms with Gasteiger partial charge in [0.1, 0.15) is 44.4 Å². The van der Waals surface area contributed by atoms with Gasteiger partial charge < -0.3 is 0 Å². The predicted molar refractivity (Wildman–Crippen MR) is 290 cm³/mol. The Labute approximate surface area is 432 Å². The molecule has 0 saturated carbocycles. The van der Waals surface area contributed by atoms with Gasteiger partial charge in [-0.25, -0.2) is 31.3 Å². The molecule has 0 aliphatic rings. The number of pyridine rings is 3. The Morgan fingerprint density at radius 2 is 0.770 bits per heavy atom. The maximum absolute atomic E-state index is 15.1. The second-order valence-corrected chi connectivity index (χ2v) is 19.7. The molecule has 0 bridgehead atoms. The molecule has 0 N–H and O–H groups in total. The van der Waals surface area contributed by atoms with Gasteiger partial charge in [0.05, 0.1) is 16.7 Å². The van der Waals surface area contributed by atoms with Crippen LogP contribution in [0.25, 0.3) is 78.3 Å². The first-order valence-electron chi connectivity index (χ1n) is 25.2. The lowest BCUT2D eigenvalue weighted by atomic mass is 9.87. The molecule has 0 amide bonds. The van der Waals surface area contributed by atoms with Gasteiger partial charge in [0.2, 0.25) is 17.1 Å². The molecule has 366 valence electrons. The van der Waals surface area contributed by atoms with E-state index in [1.807, 2.05) is 66.0 Å². The van der Waals surface area contributed by atoms with Crippen LogP contribution in [0.3, 0.4) is 0 Å². The summed E-state index contributed by atoms with van der Waals surface area (Å²) < 4.78 is 64.5. The molecule has 3 heterocycles. The van der Waals surface area contributed by atoms with Gasteiger partial charge in [-0.2, -0.15) is 0 Å². The molecule has 7 aromatic carbocycles. The van der Waals surface area contributed by atoms with Crippen molar-refractivity contribution in [3.63, 3.8) is 0 Å². The summed E-state index contributed by atoms with van der Waals surface area (Å²) in [5, 5.41) is 0. The van der Waals surface area contributed by atoms with Crippen molar-refractivity contribution >= 4 is 0 Å². The van der Waals surface area contributed by atoms with Gasteiger partial charge in [0.25, 0.3) is 0 Å². The number of nitrogens with zero attached hydrogens (tertiary/aromatic N) is 3. The van der Waals surface area contributed by atoms with Crippen molar-refractivity contribution in [1.82, 2.24) is 0 Å². The third-order valence-corrected chi connectivity index (χ3v) is 14.4. The molecule has 0 aliphatic carbocycles. The number of aromatic nitrogens is 3. The van der Waals surface area contributed by atoms with E-state index in [1.165, 1.54) is 39.9 Å². The highest BCUT2D eigenvalue weighted by atomic mass is 19.1. The summed E-state index contributed by atoms with van der Waals surface area (Å²) in [6.07, 6.45) is 9.32. The Bertz CT molecular complexity index is 3560. The molecule has 7 heteroatoms. The van der Waals surface area contributed by atoms with E-state index in [9.17, 15) is 8.78 Å². The van der Waals surface area contributed by atoms with E-state index in [4.69, 9.17) is 0 Å². The zero-order chi connectivity index (χ0) is 51.6. The summed E-state index contributed by atoms with van der Waals surface area (Å²) in [5.41, 5.74) is 20.3. The van der Waals surface area contributed by atoms with Crippen LogP contribution in [-0.4, -0.2) is 0 Å². The predicted octanol–water partition coefficient (Wildman–Crippen LogP) is 14.9. The van der Waals surface area contributed by atoms with Crippen LogP contribution in [0.2, 0.25) is 0 Å². The standard InChI is InChI=1S/C67H58F4N3/c1-43-14-10-11-17-56(43)65-39-59(52-28-26-51(27-29-52)50-15-8-7-9-16-50)60(42-74(65)6)58-19-13-12-18-57(58)53-35-48(22-20-46-24-30-63(72(4)40-46)66-44(2)32-54(68)37-61(66)70)34-49(36-53)23-21-47-25-31-64(73(5)41-47)67-45(3)33-55(69)38-62(67)71/h7-19,24-42H,20-23H2,1-6H3/q+3. The van der Waals surface area contributed by atoms with Gasteiger partial charge >= 0.3 is 0 Å². The molecule has 74 heavy (non-hydrogen) atoms. The van der Waals surface area contributed by atoms with Gasteiger partial charge in [0.15, 0.2) is 18.6 Å². The van der Waals surface area contributed by atoms with Crippen LogP contribution in [0.5, 0.6) is 0 Å². The van der Waals surface area contributed by atoms with E-state index in [1.54, 1.807) is 13.8 Å². The minimum Gasteiger partial charge on any atom is -0.207 e. The molecule has 0 radical (unpaired) electrons. The minimum absolute atomic E-state index is 0.392. The van der Waals surface area contributed by atoms with E-state index in [-0.39, 0.29) is 0 Å². The summed E-state index contributed by atoms with van der Waals surface area (Å²) in [4.78, 5) is 0. The van der Waals surface area contributed by atoms with Crippen LogP contribution in [0.1, 0.15) is 38.9 Å². The Morgan fingerprint density at radius 1 is 0.311 bits per heavy atom. The van der Waals surface area contributed by atoms with E-state index in [0.717, 1.165) is 93.6 Å². The average Bonchev–Trinajstić information content (AvgIpc) is 3.38. The van der Waals surface area contributed by atoms with Gasteiger partial charge in [-0.15, -0.1) is 0 Å². The molecule has 0 spiro atoms. The molecule has 0 saturated heterocycles. The Hall–Kier alpha value is -8.29. The molecule has 0 aliphatic heterocycles. The van der Waals surface area contributed by atoms with E-state index in [2.05, 4.69) is 146 Å². The Balaban J connectivity index is 1.05. The van der Waals surface area contributed by atoms with Crippen LogP contribution in [0.4, 0.5) is 17.6 Å². The number of hydrogen-bond acceptors (Lipinski definition) is 0. The third-order valence-electron chi connectivity index (χ3n) is 14.4. The van der Waals surface area contributed by atoms with E-state index < -0.39 is 23.3 Å². The molecule has 10 rings (SSSR count). The number of benzene rings is 7. The molecular formula is C67H58F4N3+3. The van der Waals surface area contributed by atoms with Crippen LogP contribution in [-0.2, 0) is 46.8 Å². The Morgan fingerprint density at radius 3 is 1.30 bits per heavy atom. The highest BCUT2D eigenvalue weighted by Crippen LogP contribution is 2.41. The number of aryl methyl sites for hydroxylation is 10. The van der Waals surface area contributed by atoms with Gasteiger partial charge in [0, 0.05) is 52.6 Å². The molecular weight excluding hydrogens is 923 g/mol. The van der Waals surface area contributed by atoms with Crippen LogP contribution >= 0.6 is 0 Å². The zero-order valence-corrected chi connectivity index (χ0v) is 42.7. The Kier molecular flexibility index (Phi) is 14.0. The van der Waals surface area contributed by atoms with Crippen molar-refractivity contribution in [3.05, 3.63) is 257 Å². The van der Waals surface area contributed by atoms with Gasteiger partial charge in [-0.1, -0.05) is 115 Å². The summed E-state index contributed by atoms with van der Waals surface area (Å²) in [5.74, 6) is -2.35. The fraction of sp³-hybridized carbons (Fsp3) is 0.149. The third kappa shape index (κ3) is 10.3. The highest BCUT2D eigenvalue weighted by molar-refractivity contribution is 5.92. The molecule has 3 nitrogen and oxygen atoms in total. The number of halogens is 4. The van der Waals surface area contributed by atoms with Gasteiger partial charge in [-0.05, 0) is 138 Å². The second kappa shape index (κ2) is 21.0. The number of rotatable bonds is 13. The average molecular weight is 981 g/mol. The first-order chi connectivity index (χ1) is 35.8. The van der Waals surface area contributed by atoms with E-state index in [0.29, 0.717) is 33.6 Å². The van der Waals surface area contributed by atoms with Crippen molar-refractivity contribution in [2.45, 2.75) is 46.5 Å².